The second-order valence-corrected chi connectivity index (χ2v) is 13.5. The Balaban J connectivity index is 1.71. The van der Waals surface area contributed by atoms with Crippen molar-refractivity contribution in [3.05, 3.63) is 53.6 Å². The molecule has 244 valence electrons. The Bertz CT molecular complexity index is 1400. The number of aryl methyl sites for hydroxylation is 2. The maximum Gasteiger partial charge on any atom is 0.398 e. The maximum absolute atomic E-state index is 13.9. The van der Waals surface area contributed by atoms with Crippen molar-refractivity contribution in [2.24, 2.45) is 22.8 Å². The minimum atomic E-state index is -4.66. The molecule has 4 N–H and O–H groups in total. The molecule has 0 aliphatic carbocycles. The molecule has 0 radical (unpaired) electrons. The average molecular weight is 619 g/mol. The zero-order chi connectivity index (χ0) is 32.9. The Labute approximate surface area is 259 Å². The van der Waals surface area contributed by atoms with Gasteiger partial charge in [0.05, 0.1) is 5.41 Å². The van der Waals surface area contributed by atoms with Crippen LogP contribution in [0.3, 0.4) is 0 Å². The summed E-state index contributed by atoms with van der Waals surface area (Å²) in [5.41, 5.74) is 13.4. The Morgan fingerprint density at radius 1 is 0.932 bits per heavy atom. The molecule has 6 nitrogen and oxygen atoms in total. The van der Waals surface area contributed by atoms with Gasteiger partial charge in [0.2, 0.25) is 0 Å². The highest BCUT2D eigenvalue weighted by Crippen LogP contribution is 2.37. The number of carbonyl (C=O) groups excluding carboxylic acids is 1. The van der Waals surface area contributed by atoms with Crippen molar-refractivity contribution in [3.8, 4) is 17.1 Å². The number of hydrogen-bond donors (Lipinski definition) is 2. The molecule has 0 saturated heterocycles. The Kier molecular flexibility index (Phi) is 11.2. The summed E-state index contributed by atoms with van der Waals surface area (Å²) in [6.45, 7) is 11.0. The van der Waals surface area contributed by atoms with Crippen LogP contribution in [-0.2, 0) is 22.4 Å². The van der Waals surface area contributed by atoms with Crippen LogP contribution in [0.5, 0.6) is 5.75 Å². The number of hydrogen-bond acceptors (Lipinski definition) is 6. The van der Waals surface area contributed by atoms with Crippen LogP contribution in [0.15, 0.2) is 46.9 Å². The molecule has 0 amide bonds. The van der Waals surface area contributed by atoms with Gasteiger partial charge in [-0.2, -0.15) is 13.2 Å². The monoisotopic (exact) mass is 618 g/mol. The molecule has 44 heavy (non-hydrogen) atoms. The predicted octanol–water partition coefficient (Wildman–Crippen LogP) is 8.37. The van der Waals surface area contributed by atoms with E-state index in [0.717, 1.165) is 30.2 Å². The highest BCUT2D eigenvalue weighted by molar-refractivity contribution is 5.84. The number of furan rings is 1. The summed E-state index contributed by atoms with van der Waals surface area (Å²) in [4.78, 5) is 12.9. The smallest absolute Gasteiger partial charge is 0.398 e. The lowest BCUT2D eigenvalue weighted by atomic mass is 9.68. The number of alkyl halides is 3. The minimum Gasteiger partial charge on any atom is -0.493 e. The summed E-state index contributed by atoms with van der Waals surface area (Å²) in [6, 6.07) is 13.3. The van der Waals surface area contributed by atoms with E-state index in [2.05, 4.69) is 32.0 Å². The van der Waals surface area contributed by atoms with Crippen LogP contribution in [0, 0.1) is 11.3 Å². The average Bonchev–Trinajstić information content (AvgIpc) is 3.34. The molecular weight excluding hydrogens is 569 g/mol. The van der Waals surface area contributed by atoms with Crippen molar-refractivity contribution >= 4 is 16.9 Å². The third-order valence-corrected chi connectivity index (χ3v) is 8.47. The third kappa shape index (κ3) is 9.00. The van der Waals surface area contributed by atoms with Crippen molar-refractivity contribution in [1.29, 1.82) is 0 Å². The van der Waals surface area contributed by atoms with Crippen molar-refractivity contribution in [1.82, 2.24) is 0 Å². The summed E-state index contributed by atoms with van der Waals surface area (Å²) in [5, 5.41) is 0.815. The van der Waals surface area contributed by atoms with E-state index < -0.39 is 47.8 Å². The molecule has 0 aliphatic heterocycles. The van der Waals surface area contributed by atoms with Crippen LogP contribution < -0.4 is 16.2 Å². The predicted molar refractivity (Wildman–Crippen MR) is 170 cm³/mol. The Morgan fingerprint density at radius 3 is 2.25 bits per heavy atom. The summed E-state index contributed by atoms with van der Waals surface area (Å²) in [6.07, 6.45) is 1.02. The van der Waals surface area contributed by atoms with Gasteiger partial charge in [0.25, 0.3) is 0 Å². The van der Waals surface area contributed by atoms with E-state index in [1.54, 1.807) is 52.8 Å². The molecule has 1 aromatic heterocycles. The zero-order valence-electron chi connectivity index (χ0n) is 27.2. The summed E-state index contributed by atoms with van der Waals surface area (Å²) < 4.78 is 58.7. The Hall–Kier alpha value is -3.04. The number of unbranched alkanes of at least 4 members (excludes halogenated alkanes) is 2. The first-order valence-corrected chi connectivity index (χ1v) is 15.5. The van der Waals surface area contributed by atoms with Gasteiger partial charge in [0, 0.05) is 28.1 Å². The van der Waals surface area contributed by atoms with Crippen LogP contribution in [0.2, 0.25) is 0 Å². The SMILES string of the molecule is CCCCCc1ccc(-c2cc3ccc(OCC(COC(=O)C(C)(C)C(C)(N)CC(C)(C)N)C(F)(F)F)cc3o2)c(CC)c1. The van der Waals surface area contributed by atoms with E-state index in [-0.39, 0.29) is 12.2 Å². The number of nitrogens with two attached hydrogens (primary N) is 2. The number of benzene rings is 2. The van der Waals surface area contributed by atoms with Gasteiger partial charge in [-0.1, -0.05) is 44.9 Å². The molecule has 2 atom stereocenters. The fourth-order valence-electron chi connectivity index (χ4n) is 5.34. The standard InChI is InChI=1S/C35H49F3N2O4/c1-8-10-11-12-23-13-16-28(24(9-2)17-23)30-18-25-14-15-27(19-29(25)44-30)42-20-26(35(36,37)38)21-43-31(41)33(5,6)34(7,40)22-32(3,4)39/h13-19,26H,8-12,20-22,39-40H2,1-7H3. The highest BCUT2D eigenvalue weighted by atomic mass is 19.4. The van der Waals surface area contributed by atoms with E-state index in [0.29, 0.717) is 11.3 Å². The van der Waals surface area contributed by atoms with Crippen molar-refractivity contribution < 1.29 is 31.9 Å². The lowest BCUT2D eigenvalue weighted by Crippen LogP contribution is -2.59. The number of halogens is 3. The van der Waals surface area contributed by atoms with Gasteiger partial charge in [-0.3, -0.25) is 4.79 Å². The molecule has 0 spiro atoms. The Morgan fingerprint density at radius 2 is 1.64 bits per heavy atom. The molecule has 2 unspecified atom stereocenters. The molecule has 0 aliphatic rings. The van der Waals surface area contributed by atoms with Gasteiger partial charge < -0.3 is 25.4 Å². The first-order chi connectivity index (χ1) is 20.4. The molecule has 9 heteroatoms. The lowest BCUT2D eigenvalue weighted by molar-refractivity contribution is -0.200. The zero-order valence-corrected chi connectivity index (χ0v) is 27.2. The van der Waals surface area contributed by atoms with E-state index in [9.17, 15) is 18.0 Å². The number of esters is 1. The number of ether oxygens (including phenoxy) is 2. The summed E-state index contributed by atoms with van der Waals surface area (Å²) >= 11 is 0. The first kappa shape index (κ1) is 35.4. The second-order valence-electron chi connectivity index (χ2n) is 13.5. The molecular formula is C35H49F3N2O4. The molecule has 3 aromatic rings. The third-order valence-electron chi connectivity index (χ3n) is 8.47. The minimum absolute atomic E-state index is 0.223. The van der Waals surface area contributed by atoms with E-state index in [4.69, 9.17) is 25.4 Å². The quantitative estimate of drug-likeness (QED) is 0.131. The number of carbonyl (C=O) groups is 1. The highest BCUT2D eigenvalue weighted by Gasteiger charge is 2.48. The molecule has 1 heterocycles. The molecule has 3 rings (SSSR count). The second kappa shape index (κ2) is 13.9. The van der Waals surface area contributed by atoms with Crippen LogP contribution in [0.4, 0.5) is 13.2 Å². The molecule has 0 bridgehead atoms. The van der Waals surface area contributed by atoms with Gasteiger partial charge in [0.1, 0.15) is 36.2 Å². The summed E-state index contributed by atoms with van der Waals surface area (Å²) in [7, 11) is 0. The van der Waals surface area contributed by atoms with Crippen LogP contribution in [-0.4, -0.2) is 36.4 Å². The largest absolute Gasteiger partial charge is 0.493 e. The van der Waals surface area contributed by atoms with Crippen molar-refractivity contribution in [2.75, 3.05) is 13.2 Å². The fraction of sp³-hybridized carbons (Fsp3) is 0.571. The van der Waals surface area contributed by atoms with Crippen LogP contribution >= 0.6 is 0 Å². The van der Waals surface area contributed by atoms with Crippen LogP contribution in [0.1, 0.15) is 85.3 Å². The van der Waals surface area contributed by atoms with E-state index >= 15 is 0 Å². The number of fused-ring (bicyclic) bond motifs is 1. The van der Waals surface area contributed by atoms with Crippen LogP contribution in [0.25, 0.3) is 22.3 Å². The van der Waals surface area contributed by atoms with Gasteiger partial charge >= 0.3 is 12.1 Å². The maximum atomic E-state index is 13.9. The van der Waals surface area contributed by atoms with Gasteiger partial charge in [-0.05, 0) is 89.6 Å². The van der Waals surface area contributed by atoms with Gasteiger partial charge in [0.15, 0.2) is 0 Å². The molecule has 0 fully saturated rings. The normalized spacial score (nSPS) is 14.8. The number of rotatable bonds is 15. The van der Waals surface area contributed by atoms with Gasteiger partial charge in [-0.25, -0.2) is 0 Å². The van der Waals surface area contributed by atoms with Crippen molar-refractivity contribution in [2.45, 2.75) is 104 Å². The topological polar surface area (TPSA) is 101 Å². The molecule has 2 aromatic carbocycles. The molecule has 0 saturated carbocycles. The van der Waals surface area contributed by atoms with Crippen molar-refractivity contribution in [3.63, 3.8) is 0 Å². The van der Waals surface area contributed by atoms with Gasteiger partial charge in [-0.15, -0.1) is 0 Å². The summed E-state index contributed by atoms with van der Waals surface area (Å²) in [5.74, 6) is -1.95. The van der Waals surface area contributed by atoms with E-state index in [1.807, 2.05) is 6.07 Å². The lowest BCUT2D eigenvalue weighted by Gasteiger charge is -2.42. The fourth-order valence-corrected chi connectivity index (χ4v) is 5.34. The van der Waals surface area contributed by atoms with E-state index in [1.165, 1.54) is 24.0 Å². The first-order valence-electron chi connectivity index (χ1n) is 15.5.